The number of alkyl halides is 3. The molecule has 0 bridgehead atoms. The van der Waals surface area contributed by atoms with E-state index in [-0.39, 0.29) is 24.7 Å². The van der Waals surface area contributed by atoms with Crippen molar-refractivity contribution in [3.8, 4) is 0 Å². The fourth-order valence-electron chi connectivity index (χ4n) is 3.96. The zero-order valence-corrected chi connectivity index (χ0v) is 20.3. The van der Waals surface area contributed by atoms with Crippen LogP contribution in [0.3, 0.4) is 0 Å². The number of aromatic nitrogens is 2. The van der Waals surface area contributed by atoms with Crippen molar-refractivity contribution < 1.29 is 22.4 Å². The zero-order chi connectivity index (χ0) is 26.3. The van der Waals surface area contributed by atoms with Crippen LogP contribution in [0.25, 0.3) is 0 Å². The molecular formula is C28H27F3N4O2. The molecule has 0 atom stereocenters. The van der Waals surface area contributed by atoms with E-state index in [0.717, 1.165) is 29.0 Å². The fourth-order valence-corrected chi connectivity index (χ4v) is 3.96. The molecule has 2 aromatic heterocycles. The van der Waals surface area contributed by atoms with Crippen LogP contribution in [0.4, 0.5) is 13.2 Å². The SMILES string of the molecule is Cc1cccc(CN(Cc2cccc(C(F)(F)F)c2)Cc2nc(C(=O)NCCc3ccccn3)co2)c1. The number of halogens is 3. The van der Waals surface area contributed by atoms with Gasteiger partial charge in [0.1, 0.15) is 6.26 Å². The maximum Gasteiger partial charge on any atom is 0.416 e. The van der Waals surface area contributed by atoms with Crippen LogP contribution >= 0.6 is 0 Å². The van der Waals surface area contributed by atoms with Gasteiger partial charge in [0.05, 0.1) is 12.1 Å². The minimum atomic E-state index is -4.42. The number of nitrogens with one attached hydrogen (secondary N) is 1. The molecule has 0 saturated carbocycles. The van der Waals surface area contributed by atoms with E-state index in [1.54, 1.807) is 12.3 Å². The molecule has 37 heavy (non-hydrogen) atoms. The molecule has 0 unspecified atom stereocenters. The third-order valence-corrected chi connectivity index (χ3v) is 5.69. The summed E-state index contributed by atoms with van der Waals surface area (Å²) in [4.78, 5) is 23.0. The lowest BCUT2D eigenvalue weighted by Gasteiger charge is -2.22. The molecule has 192 valence electrons. The van der Waals surface area contributed by atoms with E-state index >= 15 is 0 Å². The number of carbonyl (C=O) groups excluding carboxylic acids is 1. The number of nitrogens with zero attached hydrogens (tertiary/aromatic N) is 3. The molecule has 4 aromatic rings. The minimum absolute atomic E-state index is 0.144. The van der Waals surface area contributed by atoms with Crippen molar-refractivity contribution in [2.75, 3.05) is 6.54 Å². The molecule has 0 spiro atoms. The Morgan fingerprint density at radius 1 is 0.973 bits per heavy atom. The number of hydrogen-bond acceptors (Lipinski definition) is 5. The first-order valence-electron chi connectivity index (χ1n) is 11.8. The number of hydrogen-bond donors (Lipinski definition) is 1. The first kappa shape index (κ1) is 26.1. The van der Waals surface area contributed by atoms with Crippen LogP contribution in [0.2, 0.25) is 0 Å². The average molecular weight is 509 g/mol. The minimum Gasteiger partial charge on any atom is -0.447 e. The fraction of sp³-hybridized carbons (Fsp3) is 0.250. The van der Waals surface area contributed by atoms with Gasteiger partial charge in [-0.3, -0.25) is 14.7 Å². The van der Waals surface area contributed by atoms with Gasteiger partial charge in [0.2, 0.25) is 5.89 Å². The van der Waals surface area contributed by atoms with Gasteiger partial charge in [0, 0.05) is 37.9 Å². The molecular weight excluding hydrogens is 481 g/mol. The third kappa shape index (κ3) is 7.75. The lowest BCUT2D eigenvalue weighted by molar-refractivity contribution is -0.137. The van der Waals surface area contributed by atoms with Crippen LogP contribution in [0.15, 0.2) is 83.6 Å². The second-order valence-electron chi connectivity index (χ2n) is 8.79. The van der Waals surface area contributed by atoms with E-state index in [4.69, 9.17) is 4.42 Å². The van der Waals surface area contributed by atoms with Crippen molar-refractivity contribution in [3.05, 3.63) is 119 Å². The van der Waals surface area contributed by atoms with E-state index in [9.17, 15) is 18.0 Å². The van der Waals surface area contributed by atoms with Gasteiger partial charge >= 0.3 is 6.18 Å². The maximum atomic E-state index is 13.2. The Morgan fingerprint density at radius 3 is 2.43 bits per heavy atom. The normalized spacial score (nSPS) is 11.6. The van der Waals surface area contributed by atoms with Crippen LogP contribution in [0, 0.1) is 6.92 Å². The third-order valence-electron chi connectivity index (χ3n) is 5.69. The largest absolute Gasteiger partial charge is 0.447 e. The Bertz CT molecular complexity index is 1320. The summed E-state index contributed by atoms with van der Waals surface area (Å²) in [6, 6.07) is 18.8. The number of aryl methyl sites for hydroxylation is 1. The van der Waals surface area contributed by atoms with Gasteiger partial charge in [-0.25, -0.2) is 4.98 Å². The molecule has 9 heteroatoms. The summed E-state index contributed by atoms with van der Waals surface area (Å²) in [5.41, 5.74) is 2.92. The second-order valence-corrected chi connectivity index (χ2v) is 8.79. The monoisotopic (exact) mass is 508 g/mol. The van der Waals surface area contributed by atoms with E-state index in [1.807, 2.05) is 54.3 Å². The Kier molecular flexibility index (Phi) is 8.35. The summed E-state index contributed by atoms with van der Waals surface area (Å²) in [7, 11) is 0. The summed E-state index contributed by atoms with van der Waals surface area (Å²) in [6.07, 6.45) is -0.846. The maximum absolute atomic E-state index is 13.2. The molecule has 0 radical (unpaired) electrons. The van der Waals surface area contributed by atoms with Crippen LogP contribution < -0.4 is 5.32 Å². The molecule has 0 fully saturated rings. The molecule has 0 aliphatic rings. The standard InChI is InChI=1S/C28H27F3N4O2/c1-20-6-4-7-21(14-20)16-35(17-22-8-5-9-23(15-22)28(29,30)31)18-26-34-25(19-37-26)27(36)33-13-11-24-10-2-3-12-32-24/h2-10,12,14-15,19H,11,13,16-18H2,1H3,(H,33,36). The number of carbonyl (C=O) groups is 1. The van der Waals surface area contributed by atoms with Gasteiger partial charge < -0.3 is 9.73 Å². The van der Waals surface area contributed by atoms with Gasteiger partial charge in [-0.2, -0.15) is 13.2 Å². The molecule has 0 aliphatic carbocycles. The van der Waals surface area contributed by atoms with E-state index in [1.165, 1.54) is 12.3 Å². The van der Waals surface area contributed by atoms with E-state index in [0.29, 0.717) is 31.0 Å². The second kappa shape index (κ2) is 11.8. The van der Waals surface area contributed by atoms with Gasteiger partial charge in [-0.1, -0.05) is 54.1 Å². The summed E-state index contributed by atoms with van der Waals surface area (Å²) in [5, 5.41) is 2.80. The van der Waals surface area contributed by atoms with Crippen molar-refractivity contribution in [2.45, 2.75) is 39.2 Å². The number of oxazole rings is 1. The van der Waals surface area contributed by atoms with Crippen LogP contribution in [0.5, 0.6) is 0 Å². The summed E-state index contributed by atoms with van der Waals surface area (Å²) in [6.45, 7) is 3.30. The summed E-state index contributed by atoms with van der Waals surface area (Å²) < 4.78 is 45.2. The predicted molar refractivity (Wildman–Crippen MR) is 132 cm³/mol. The lowest BCUT2D eigenvalue weighted by atomic mass is 10.1. The predicted octanol–water partition coefficient (Wildman–Crippen LogP) is 5.57. The first-order chi connectivity index (χ1) is 17.8. The number of pyridine rings is 1. The van der Waals surface area contributed by atoms with Gasteiger partial charge in [-0.05, 0) is 36.2 Å². The lowest BCUT2D eigenvalue weighted by Crippen LogP contribution is -2.26. The van der Waals surface area contributed by atoms with Crippen LogP contribution in [-0.4, -0.2) is 27.3 Å². The van der Waals surface area contributed by atoms with Crippen molar-refractivity contribution in [1.29, 1.82) is 0 Å². The highest BCUT2D eigenvalue weighted by atomic mass is 19.4. The molecule has 2 heterocycles. The average Bonchev–Trinajstić information content (AvgIpc) is 3.33. The van der Waals surface area contributed by atoms with Crippen molar-refractivity contribution >= 4 is 5.91 Å². The first-order valence-corrected chi connectivity index (χ1v) is 11.8. The molecule has 2 aromatic carbocycles. The van der Waals surface area contributed by atoms with Crippen molar-refractivity contribution in [2.24, 2.45) is 0 Å². The quantitative estimate of drug-likeness (QED) is 0.303. The Labute approximate surface area is 213 Å². The van der Waals surface area contributed by atoms with Crippen molar-refractivity contribution in [3.63, 3.8) is 0 Å². The summed E-state index contributed by atoms with van der Waals surface area (Å²) in [5.74, 6) is -0.0662. The Morgan fingerprint density at radius 2 is 1.73 bits per heavy atom. The van der Waals surface area contributed by atoms with Crippen LogP contribution in [0.1, 0.15) is 44.3 Å². The molecule has 6 nitrogen and oxygen atoms in total. The smallest absolute Gasteiger partial charge is 0.416 e. The Balaban J connectivity index is 1.44. The van der Waals surface area contributed by atoms with Crippen molar-refractivity contribution in [1.82, 2.24) is 20.2 Å². The van der Waals surface area contributed by atoms with Gasteiger partial charge in [0.25, 0.3) is 5.91 Å². The molecule has 0 saturated heterocycles. The highest BCUT2D eigenvalue weighted by Crippen LogP contribution is 2.30. The molecule has 1 amide bonds. The molecule has 0 aliphatic heterocycles. The molecule has 4 rings (SSSR count). The Hall–Kier alpha value is -3.98. The van der Waals surface area contributed by atoms with Crippen LogP contribution in [-0.2, 0) is 32.2 Å². The summed E-state index contributed by atoms with van der Waals surface area (Å²) >= 11 is 0. The number of rotatable bonds is 10. The highest BCUT2D eigenvalue weighted by Gasteiger charge is 2.30. The van der Waals surface area contributed by atoms with Gasteiger partial charge in [-0.15, -0.1) is 0 Å². The topological polar surface area (TPSA) is 71.3 Å². The number of benzene rings is 2. The zero-order valence-electron chi connectivity index (χ0n) is 20.3. The van der Waals surface area contributed by atoms with E-state index in [2.05, 4.69) is 15.3 Å². The molecule has 1 N–H and O–H groups in total. The number of amides is 1. The van der Waals surface area contributed by atoms with Gasteiger partial charge in [0.15, 0.2) is 5.69 Å². The highest BCUT2D eigenvalue weighted by molar-refractivity contribution is 5.91. The van der Waals surface area contributed by atoms with E-state index < -0.39 is 11.7 Å².